The summed E-state index contributed by atoms with van der Waals surface area (Å²) in [7, 11) is 0.159. The molecule has 312 valence electrons. The highest BCUT2D eigenvalue weighted by molar-refractivity contribution is 5.77. The monoisotopic (exact) mass is 847 g/mol. The Morgan fingerprint density at radius 2 is 0.608 bits per heavy atom. The van der Waals surface area contributed by atoms with Gasteiger partial charge in [0.1, 0.15) is 6.61 Å². The number of hydrogen-bond donors (Lipinski definition) is 1. The second-order valence-corrected chi connectivity index (χ2v) is 8.76. The van der Waals surface area contributed by atoms with E-state index < -0.39 is 96.0 Å². The second kappa shape index (κ2) is 13.6. The Hall–Kier alpha value is -2.67. The Kier molecular flexibility index (Phi) is 14.1. The van der Waals surface area contributed by atoms with Crippen LogP contribution >= 0.6 is 0 Å². The molecular formula is C18H12F30O3. The first-order valence-electron chi connectivity index (χ1n) is 10.4. The average Bonchev–Trinajstić information content (AvgIpc) is 2.86. The molecule has 0 aromatic rings. The fourth-order valence-electron chi connectivity index (χ4n) is 2.37. The van der Waals surface area contributed by atoms with Crippen molar-refractivity contribution in [3.05, 3.63) is 0 Å². The fraction of sp³-hybridized carbons (Fsp3) is 0.944. The number of methoxy groups -OCH3 is 1. The maximum absolute atomic E-state index is 13.0. The molecule has 0 bridgehead atoms. The predicted octanol–water partition coefficient (Wildman–Crippen LogP) is 10.3. The minimum Gasteiger partial charge on any atom is -0.477 e. The van der Waals surface area contributed by atoms with E-state index in [9.17, 15) is 137 Å². The zero-order valence-corrected chi connectivity index (χ0v) is 21.8. The first kappa shape index (κ1) is 52.7. The van der Waals surface area contributed by atoms with Gasteiger partial charge in [0, 0.05) is 8.54 Å². The Bertz CT molecular complexity index is 1200. The first-order valence-corrected chi connectivity index (χ1v) is 10.4. The number of alkyl halides is 30. The maximum Gasteiger partial charge on any atom is 0.460 e. The molecule has 33 heteroatoms. The van der Waals surface area contributed by atoms with Crippen LogP contribution in [0.1, 0.15) is 8.85 Å². The molecule has 0 spiro atoms. The molecule has 0 saturated carbocycles. The minimum absolute atomic E-state index is 0. The van der Waals surface area contributed by atoms with Gasteiger partial charge in [0.15, 0.2) is 0 Å². The van der Waals surface area contributed by atoms with Crippen LogP contribution in [0.2, 0.25) is 0 Å². The van der Waals surface area contributed by atoms with Crippen molar-refractivity contribution < 1.29 is 148 Å². The molecule has 0 saturated heterocycles. The van der Waals surface area contributed by atoms with Gasteiger partial charge >= 0.3 is 89.4 Å². The van der Waals surface area contributed by atoms with Crippen molar-refractivity contribution in [2.75, 3.05) is 13.7 Å². The standard InChI is InChI=1S/C9H5F15O.C8HF15O2.CH4.H2/c1-25-2-3(10,11)4(12,13)5(14,15)6(16,17)7(18,19)8(20,21)9(22,23)24;9-2(10,1(24)25)3(11,12)4(13,14)5(15,16)6(17,18)7(19,20)8(21,22)23;;/h2H2,1H3;(H,24,25);1H4;1H/i;;;1+1. The predicted molar refractivity (Wildman–Crippen MR) is 99.8 cm³/mol. The van der Waals surface area contributed by atoms with Gasteiger partial charge in [-0.05, 0) is 0 Å². The Balaban J connectivity index is -0.000000427. The highest BCUT2D eigenvalue weighted by atomic mass is 19.4. The van der Waals surface area contributed by atoms with Gasteiger partial charge in [0.2, 0.25) is 0 Å². The Labute approximate surface area is 259 Å². The van der Waals surface area contributed by atoms with Crippen LogP contribution in [0.5, 0.6) is 0 Å². The number of carboxylic acid groups (broad SMARTS) is 1. The van der Waals surface area contributed by atoms with Gasteiger partial charge in [-0.3, -0.25) is 0 Å². The molecule has 0 aliphatic carbocycles. The third-order valence-corrected chi connectivity index (χ3v) is 5.31. The molecule has 0 rings (SSSR count). The topological polar surface area (TPSA) is 46.5 Å². The van der Waals surface area contributed by atoms with Crippen molar-refractivity contribution in [1.29, 1.82) is 0 Å². The van der Waals surface area contributed by atoms with E-state index >= 15 is 0 Å². The maximum atomic E-state index is 13.0. The van der Waals surface area contributed by atoms with Gasteiger partial charge in [-0.2, -0.15) is 132 Å². The molecular weight excluding hydrogens is 834 g/mol. The van der Waals surface area contributed by atoms with Crippen LogP contribution in [0.4, 0.5) is 132 Å². The molecule has 0 heterocycles. The van der Waals surface area contributed by atoms with E-state index in [1.165, 1.54) is 0 Å². The van der Waals surface area contributed by atoms with Gasteiger partial charge in [-0.15, -0.1) is 0 Å². The lowest BCUT2D eigenvalue weighted by atomic mass is 9.91. The van der Waals surface area contributed by atoms with Crippen molar-refractivity contribution in [3.63, 3.8) is 0 Å². The molecule has 3 nitrogen and oxygen atoms in total. The van der Waals surface area contributed by atoms with Gasteiger partial charge in [-0.25, -0.2) is 4.79 Å². The fourth-order valence-corrected chi connectivity index (χ4v) is 2.37. The molecule has 0 amide bonds. The average molecular weight is 847 g/mol. The molecule has 0 aliphatic rings. The molecule has 0 unspecified atom stereocenters. The first-order chi connectivity index (χ1) is 21.0. The summed E-state index contributed by atoms with van der Waals surface area (Å²) in [5.74, 6) is -99.1. The van der Waals surface area contributed by atoms with Crippen LogP contribution in [0.3, 0.4) is 0 Å². The zero-order valence-electron chi connectivity index (χ0n) is 21.8. The number of halogens is 30. The van der Waals surface area contributed by atoms with Crippen molar-refractivity contribution in [2.24, 2.45) is 0 Å². The normalized spacial score (nSPS) is 15.9. The molecule has 0 aromatic carbocycles. The summed E-state index contributed by atoms with van der Waals surface area (Å²) in [6.07, 6.45) is -15.3. The van der Waals surface area contributed by atoms with E-state index in [0.29, 0.717) is 0 Å². The number of hydrogen-bond acceptors (Lipinski definition) is 2. The van der Waals surface area contributed by atoms with Crippen molar-refractivity contribution in [3.8, 4) is 0 Å². The third-order valence-electron chi connectivity index (χ3n) is 5.31. The zero-order chi connectivity index (χ0) is 42.0. The van der Waals surface area contributed by atoms with Gasteiger partial charge in [0.25, 0.3) is 0 Å². The summed E-state index contributed by atoms with van der Waals surface area (Å²) in [5, 5.41) is 7.57. The lowest BCUT2D eigenvalue weighted by Gasteiger charge is -2.41. The van der Waals surface area contributed by atoms with Crippen molar-refractivity contribution in [1.82, 2.24) is 0 Å². The number of aliphatic carboxylic acids is 1. The summed E-state index contributed by atoms with van der Waals surface area (Å²) in [6, 6.07) is 0. The minimum atomic E-state index is -8.47. The van der Waals surface area contributed by atoms with Crippen LogP contribution < -0.4 is 0 Å². The third kappa shape index (κ3) is 7.31. The van der Waals surface area contributed by atoms with E-state index in [1.807, 2.05) is 0 Å². The van der Waals surface area contributed by atoms with Crippen LogP contribution in [0.25, 0.3) is 0 Å². The molecule has 0 aromatic heterocycles. The van der Waals surface area contributed by atoms with Gasteiger partial charge in [-0.1, -0.05) is 7.43 Å². The number of rotatable bonds is 13. The van der Waals surface area contributed by atoms with Gasteiger partial charge < -0.3 is 9.84 Å². The lowest BCUT2D eigenvalue weighted by molar-refractivity contribution is -0.453. The molecule has 51 heavy (non-hydrogen) atoms. The quantitative estimate of drug-likeness (QED) is 0.188. The highest BCUT2D eigenvalue weighted by Crippen LogP contribution is 2.64. The van der Waals surface area contributed by atoms with Crippen LogP contribution in [-0.4, -0.2) is 108 Å². The second-order valence-electron chi connectivity index (χ2n) is 8.76. The van der Waals surface area contributed by atoms with E-state index in [1.54, 1.807) is 0 Å². The highest BCUT2D eigenvalue weighted by Gasteiger charge is 2.95. The summed E-state index contributed by atoms with van der Waals surface area (Å²) in [4.78, 5) is 9.72. The number of carboxylic acids is 1. The van der Waals surface area contributed by atoms with Crippen molar-refractivity contribution >= 4 is 5.97 Å². The number of ether oxygens (including phenoxy) is 1. The summed E-state index contributed by atoms with van der Waals surface area (Å²) >= 11 is 0. The summed E-state index contributed by atoms with van der Waals surface area (Å²) in [6.45, 7) is -2.77. The summed E-state index contributed by atoms with van der Waals surface area (Å²) < 4.78 is 379. The molecule has 1 N–H and O–H groups in total. The Morgan fingerprint density at radius 1 is 0.412 bits per heavy atom. The largest absolute Gasteiger partial charge is 0.477 e. The molecule has 0 aliphatic heterocycles. The van der Waals surface area contributed by atoms with E-state index in [0.717, 1.165) is 0 Å². The van der Waals surface area contributed by atoms with Gasteiger partial charge in [0.05, 0.1) is 0 Å². The lowest BCUT2D eigenvalue weighted by Crippen LogP contribution is -2.73. The molecule has 0 fully saturated rings. The summed E-state index contributed by atoms with van der Waals surface area (Å²) in [5.41, 5.74) is 0. The van der Waals surface area contributed by atoms with E-state index in [2.05, 4.69) is 4.74 Å². The number of carbonyl (C=O) groups is 1. The van der Waals surface area contributed by atoms with E-state index in [-0.39, 0.29) is 16.0 Å². The Morgan fingerprint density at radius 3 is 0.804 bits per heavy atom. The smallest absolute Gasteiger partial charge is 0.460 e. The van der Waals surface area contributed by atoms with Crippen molar-refractivity contribution in [2.45, 2.75) is 90.8 Å². The SMILES string of the molecule is C.COCC(F)(F)C(F)(F)C(F)(F)C(F)(F)C(F)(F)C(F)(F)C(F)(F)F.O=C(O)C(F)(F)C(F)(F)C(F)(F)C(F)(F)C(F)(F)C(F)(F)C(F)(F)F.[2HH]. The van der Waals surface area contributed by atoms with Crippen LogP contribution in [0, 0.1) is 0 Å². The molecule has 0 radical (unpaired) electrons. The van der Waals surface area contributed by atoms with Crippen LogP contribution in [0.15, 0.2) is 0 Å². The molecule has 0 atom stereocenters. The van der Waals surface area contributed by atoms with Crippen LogP contribution in [-0.2, 0) is 9.53 Å². The van der Waals surface area contributed by atoms with E-state index in [4.69, 9.17) is 5.11 Å².